The van der Waals surface area contributed by atoms with E-state index in [2.05, 4.69) is 43.5 Å². The molecule has 0 rings (SSSR count). The molecule has 0 saturated heterocycles. The summed E-state index contributed by atoms with van der Waals surface area (Å²) in [7, 11) is 0. The predicted octanol–water partition coefficient (Wildman–Crippen LogP) is 22.7. The number of hydrogen-bond acceptors (Lipinski definition) is 5. The highest BCUT2D eigenvalue weighted by Crippen LogP contribution is 2.18. The lowest BCUT2D eigenvalue weighted by atomic mass is 10.0. The minimum Gasteiger partial charge on any atom is -0.466 e. The summed E-state index contributed by atoms with van der Waals surface area (Å²) in [5.41, 5.74) is 0. The number of aliphatic hydroxyl groups is 2. The average molecular weight is 1100 g/mol. The highest BCUT2D eigenvalue weighted by Gasteiger charge is 2.18. The molecule has 0 aliphatic heterocycles. The van der Waals surface area contributed by atoms with Gasteiger partial charge in [0.1, 0.15) is 0 Å². The quantitative estimate of drug-likeness (QED) is 0.0320. The van der Waals surface area contributed by atoms with Crippen molar-refractivity contribution in [2.24, 2.45) is 0 Å². The third-order valence-electron chi connectivity index (χ3n) is 16.4. The molecule has 0 aromatic rings. The molecular weight excluding hydrogens is 959 g/mol. The van der Waals surface area contributed by atoms with Crippen LogP contribution in [-0.2, 0) is 14.3 Å². The van der Waals surface area contributed by atoms with Gasteiger partial charge in [-0.15, -0.1) is 0 Å². The van der Waals surface area contributed by atoms with Crippen molar-refractivity contribution in [2.45, 2.75) is 398 Å². The van der Waals surface area contributed by atoms with Crippen LogP contribution in [0.2, 0.25) is 0 Å². The van der Waals surface area contributed by atoms with E-state index >= 15 is 0 Å². The molecule has 0 saturated carbocycles. The average Bonchev–Trinajstić information content (AvgIpc) is 3.44. The van der Waals surface area contributed by atoms with E-state index in [9.17, 15) is 19.8 Å². The number of amides is 1. The molecule has 0 fully saturated rings. The fourth-order valence-corrected chi connectivity index (χ4v) is 11.0. The van der Waals surface area contributed by atoms with Crippen LogP contribution in [0.5, 0.6) is 0 Å². The number of hydrogen-bond donors (Lipinski definition) is 3. The van der Waals surface area contributed by atoms with Crippen LogP contribution in [0, 0.1) is 0 Å². The zero-order valence-electron chi connectivity index (χ0n) is 52.7. The van der Waals surface area contributed by atoms with Crippen LogP contribution in [0.25, 0.3) is 0 Å². The van der Waals surface area contributed by atoms with Crippen LogP contribution < -0.4 is 5.32 Å². The molecule has 0 aliphatic carbocycles. The Hall–Kier alpha value is -1.92. The van der Waals surface area contributed by atoms with Crippen LogP contribution in [-0.4, -0.2) is 47.4 Å². The lowest BCUT2D eigenvalue weighted by Crippen LogP contribution is -2.45. The van der Waals surface area contributed by atoms with Crippen molar-refractivity contribution in [1.82, 2.24) is 5.32 Å². The summed E-state index contributed by atoms with van der Waals surface area (Å²) in [6.07, 6.45) is 86.5. The van der Waals surface area contributed by atoms with E-state index in [1.54, 1.807) is 6.08 Å². The van der Waals surface area contributed by atoms with Gasteiger partial charge in [-0.2, -0.15) is 0 Å². The van der Waals surface area contributed by atoms with Gasteiger partial charge in [0.15, 0.2) is 0 Å². The maximum absolute atomic E-state index is 12.5. The maximum Gasteiger partial charge on any atom is 0.305 e. The second kappa shape index (κ2) is 67.6. The lowest BCUT2D eigenvalue weighted by Gasteiger charge is -2.20. The van der Waals surface area contributed by atoms with Crippen LogP contribution in [0.4, 0.5) is 0 Å². The van der Waals surface area contributed by atoms with Gasteiger partial charge in [0.2, 0.25) is 5.91 Å². The SMILES string of the molecule is CCCCCCCCC/C=C\CCCCCCCC(=O)OCCCCCCCCCCCCCC/C=C\CCCCCCCCCCCCC(=O)NC(CO)C(O)/C=C/CCCCCCCCCCCCCCCCCCC. The number of rotatable bonds is 66. The van der Waals surface area contributed by atoms with Crippen molar-refractivity contribution < 1.29 is 24.5 Å². The number of aliphatic hydroxyl groups excluding tert-OH is 2. The summed E-state index contributed by atoms with van der Waals surface area (Å²) >= 11 is 0. The Labute approximate surface area is 487 Å². The number of carbonyl (C=O) groups excluding carboxylic acids is 2. The molecule has 78 heavy (non-hydrogen) atoms. The van der Waals surface area contributed by atoms with Gasteiger partial charge >= 0.3 is 5.97 Å². The fraction of sp³-hybridized carbons (Fsp3) is 0.889. The number of carbonyl (C=O) groups is 2. The highest BCUT2D eigenvalue weighted by atomic mass is 16.5. The maximum atomic E-state index is 12.5. The molecule has 0 aromatic carbocycles. The van der Waals surface area contributed by atoms with E-state index in [0.717, 1.165) is 44.9 Å². The monoisotopic (exact) mass is 1100 g/mol. The second-order valence-electron chi connectivity index (χ2n) is 24.2. The molecule has 0 spiro atoms. The predicted molar refractivity (Wildman–Crippen MR) is 343 cm³/mol. The van der Waals surface area contributed by atoms with Crippen LogP contribution >= 0.6 is 0 Å². The first-order valence-electron chi connectivity index (χ1n) is 35.3. The molecule has 6 nitrogen and oxygen atoms in total. The zero-order valence-corrected chi connectivity index (χ0v) is 52.7. The molecule has 0 radical (unpaired) electrons. The lowest BCUT2D eigenvalue weighted by molar-refractivity contribution is -0.143. The largest absolute Gasteiger partial charge is 0.466 e. The number of unbranched alkanes of at least 4 members (excludes halogenated alkanes) is 51. The number of ether oxygens (including phenoxy) is 1. The molecular formula is C72H137NO5. The first-order valence-corrected chi connectivity index (χ1v) is 35.3. The van der Waals surface area contributed by atoms with E-state index in [4.69, 9.17) is 4.74 Å². The molecule has 0 heterocycles. The third kappa shape index (κ3) is 63.3. The topological polar surface area (TPSA) is 95.9 Å². The summed E-state index contributed by atoms with van der Waals surface area (Å²) in [6, 6.07) is -0.630. The van der Waals surface area contributed by atoms with Gasteiger partial charge in [-0.25, -0.2) is 0 Å². The van der Waals surface area contributed by atoms with Crippen molar-refractivity contribution in [3.8, 4) is 0 Å². The Morgan fingerprint density at radius 3 is 0.910 bits per heavy atom. The van der Waals surface area contributed by atoms with E-state index in [1.165, 1.54) is 315 Å². The van der Waals surface area contributed by atoms with E-state index in [1.807, 2.05) is 6.08 Å². The fourth-order valence-electron chi connectivity index (χ4n) is 11.0. The second-order valence-corrected chi connectivity index (χ2v) is 24.2. The van der Waals surface area contributed by atoms with Gasteiger partial charge < -0.3 is 20.3 Å². The molecule has 2 atom stereocenters. The molecule has 3 N–H and O–H groups in total. The minimum atomic E-state index is -0.847. The Kier molecular flexibility index (Phi) is 65.9. The molecule has 1 amide bonds. The summed E-state index contributed by atoms with van der Waals surface area (Å²) in [4.78, 5) is 24.6. The number of esters is 1. The first kappa shape index (κ1) is 76.1. The van der Waals surface area contributed by atoms with Crippen molar-refractivity contribution in [1.29, 1.82) is 0 Å². The number of allylic oxidation sites excluding steroid dienone is 5. The third-order valence-corrected chi connectivity index (χ3v) is 16.4. The van der Waals surface area contributed by atoms with Gasteiger partial charge in [-0.1, -0.05) is 326 Å². The molecule has 460 valence electrons. The highest BCUT2D eigenvalue weighted by molar-refractivity contribution is 5.76. The molecule has 6 heteroatoms. The summed E-state index contributed by atoms with van der Waals surface area (Å²) < 4.78 is 5.49. The van der Waals surface area contributed by atoms with Crippen LogP contribution in [0.3, 0.4) is 0 Å². The Morgan fingerprint density at radius 2 is 0.603 bits per heavy atom. The van der Waals surface area contributed by atoms with Gasteiger partial charge in [-0.3, -0.25) is 9.59 Å². The van der Waals surface area contributed by atoms with Gasteiger partial charge in [0.05, 0.1) is 25.4 Å². The first-order chi connectivity index (χ1) is 38.5. The summed E-state index contributed by atoms with van der Waals surface area (Å²) in [6.45, 7) is 4.93. The van der Waals surface area contributed by atoms with Gasteiger partial charge in [-0.05, 0) is 83.5 Å². The summed E-state index contributed by atoms with van der Waals surface area (Å²) in [5, 5.41) is 23.2. The van der Waals surface area contributed by atoms with E-state index in [0.29, 0.717) is 19.4 Å². The Balaban J connectivity index is 3.41. The molecule has 2 unspecified atom stereocenters. The van der Waals surface area contributed by atoms with Crippen molar-refractivity contribution in [3.05, 3.63) is 36.5 Å². The van der Waals surface area contributed by atoms with Crippen LogP contribution in [0.1, 0.15) is 386 Å². The standard InChI is InChI=1S/C72H137NO5/c1-3-5-7-9-11-13-15-17-19-21-30-33-36-40-44-48-52-56-60-64-70(75)69(68-74)73-71(76)65-61-57-53-49-45-41-37-34-31-28-26-24-22-23-25-27-29-32-35-39-43-47-51-55-59-63-67-78-72(77)66-62-58-54-50-46-42-38-20-18-16-14-12-10-8-6-4-2/h20,22,24,38,60,64,69-70,74-75H,3-19,21,23,25-37,39-59,61-63,65-68H2,1-2H3,(H,73,76)/b24-22-,38-20-,64-60+. The van der Waals surface area contributed by atoms with Crippen molar-refractivity contribution >= 4 is 11.9 Å². The number of nitrogens with one attached hydrogen (secondary N) is 1. The smallest absolute Gasteiger partial charge is 0.305 e. The van der Waals surface area contributed by atoms with Crippen molar-refractivity contribution in [2.75, 3.05) is 13.2 Å². The molecule has 0 aliphatic rings. The Morgan fingerprint density at radius 1 is 0.346 bits per heavy atom. The summed E-state index contributed by atoms with van der Waals surface area (Å²) in [5.74, 6) is -0.0598. The molecule has 0 aromatic heterocycles. The van der Waals surface area contributed by atoms with Crippen LogP contribution in [0.15, 0.2) is 36.5 Å². The van der Waals surface area contributed by atoms with Gasteiger partial charge in [0.25, 0.3) is 0 Å². The zero-order chi connectivity index (χ0) is 56.4. The van der Waals surface area contributed by atoms with Gasteiger partial charge in [0, 0.05) is 12.8 Å². The van der Waals surface area contributed by atoms with Crippen molar-refractivity contribution in [3.63, 3.8) is 0 Å². The minimum absolute atomic E-state index is 0.00698. The van der Waals surface area contributed by atoms with E-state index < -0.39 is 12.1 Å². The normalized spacial score (nSPS) is 12.7. The Bertz CT molecular complexity index is 1260. The molecule has 0 bridgehead atoms. The van der Waals surface area contributed by atoms with E-state index in [-0.39, 0.29) is 18.5 Å².